The molecular formula is C17H19NS. The van der Waals surface area contributed by atoms with Crippen molar-refractivity contribution in [2.45, 2.75) is 32.2 Å². The summed E-state index contributed by atoms with van der Waals surface area (Å²) < 4.78 is 0. The molecule has 0 saturated carbocycles. The lowest BCUT2D eigenvalue weighted by molar-refractivity contribution is 0.434. The lowest BCUT2D eigenvalue weighted by atomic mass is 9.78. The largest absolute Gasteiger partial charge is 0.271 e. The van der Waals surface area contributed by atoms with E-state index in [1.807, 2.05) is 0 Å². The van der Waals surface area contributed by atoms with Crippen molar-refractivity contribution in [1.29, 1.82) is 0 Å². The average molecular weight is 269 g/mol. The van der Waals surface area contributed by atoms with E-state index in [1.165, 1.54) is 26.9 Å². The molecular weight excluding hydrogens is 250 g/mol. The zero-order chi connectivity index (χ0) is 13.6. The van der Waals surface area contributed by atoms with Crippen LogP contribution in [0, 0.1) is 0 Å². The van der Waals surface area contributed by atoms with Crippen LogP contribution in [0.5, 0.6) is 0 Å². The molecule has 2 aromatic rings. The van der Waals surface area contributed by atoms with E-state index in [-0.39, 0.29) is 5.54 Å². The molecule has 0 unspecified atom stereocenters. The average Bonchev–Trinajstić information content (AvgIpc) is 2.42. The van der Waals surface area contributed by atoms with Gasteiger partial charge >= 0.3 is 0 Å². The predicted octanol–water partition coefficient (Wildman–Crippen LogP) is 4.85. The van der Waals surface area contributed by atoms with Gasteiger partial charge in [0.15, 0.2) is 0 Å². The molecule has 0 fully saturated rings. The molecule has 1 aliphatic rings. The van der Waals surface area contributed by atoms with Gasteiger partial charge in [-0.25, -0.2) is 0 Å². The van der Waals surface area contributed by atoms with Gasteiger partial charge in [-0.05, 0) is 36.4 Å². The van der Waals surface area contributed by atoms with E-state index in [0.717, 1.165) is 0 Å². The third kappa shape index (κ3) is 1.90. The zero-order valence-corrected chi connectivity index (χ0v) is 12.7. The molecule has 1 aliphatic heterocycles. The normalized spacial score (nSPS) is 21.1. The Labute approximate surface area is 119 Å². The third-order valence-electron chi connectivity index (χ3n) is 4.28. The molecule has 1 atom stereocenters. The van der Waals surface area contributed by atoms with Gasteiger partial charge in [0.05, 0.1) is 10.6 Å². The smallest absolute Gasteiger partial charge is 0.0990 e. The maximum atomic E-state index is 4.98. The summed E-state index contributed by atoms with van der Waals surface area (Å²) in [4.78, 5) is 4.98. The maximum absolute atomic E-state index is 4.98. The van der Waals surface area contributed by atoms with Gasteiger partial charge in [0.25, 0.3) is 0 Å². The molecule has 0 amide bonds. The van der Waals surface area contributed by atoms with Gasteiger partial charge in [0.2, 0.25) is 0 Å². The van der Waals surface area contributed by atoms with Crippen molar-refractivity contribution in [3.05, 3.63) is 47.5 Å². The molecule has 0 bridgehead atoms. The summed E-state index contributed by atoms with van der Waals surface area (Å²) in [5.41, 5.74) is 2.76. The number of fused-ring (bicyclic) bond motifs is 3. The minimum atomic E-state index is -0.0200. The lowest BCUT2D eigenvalue weighted by Gasteiger charge is -2.35. The Bertz CT molecular complexity index is 670. The van der Waals surface area contributed by atoms with E-state index < -0.39 is 0 Å². The molecule has 19 heavy (non-hydrogen) atoms. The van der Waals surface area contributed by atoms with Crippen LogP contribution in [0.3, 0.4) is 0 Å². The first-order valence-electron chi connectivity index (χ1n) is 6.70. The van der Waals surface area contributed by atoms with Gasteiger partial charge in [0, 0.05) is 11.5 Å². The number of hydrogen-bond donors (Lipinski definition) is 0. The van der Waals surface area contributed by atoms with Crippen molar-refractivity contribution >= 4 is 27.6 Å². The zero-order valence-electron chi connectivity index (χ0n) is 11.9. The number of aliphatic imine (C=N–C) groups is 1. The molecule has 0 aliphatic carbocycles. The van der Waals surface area contributed by atoms with Gasteiger partial charge in [-0.2, -0.15) is 0 Å². The molecule has 1 nitrogen and oxygen atoms in total. The van der Waals surface area contributed by atoms with Crippen molar-refractivity contribution in [3.8, 4) is 0 Å². The summed E-state index contributed by atoms with van der Waals surface area (Å²) in [6, 6.07) is 13.1. The molecule has 0 saturated heterocycles. The van der Waals surface area contributed by atoms with Gasteiger partial charge in [-0.3, -0.25) is 4.99 Å². The molecule has 0 N–H and O–H groups in total. The second-order valence-electron chi connectivity index (χ2n) is 5.75. The Hall–Kier alpha value is -1.28. The third-order valence-corrected chi connectivity index (χ3v) is 4.97. The monoisotopic (exact) mass is 269 g/mol. The number of nitrogens with zero attached hydrogens (tertiary/aromatic N) is 1. The van der Waals surface area contributed by atoms with Crippen molar-refractivity contribution < 1.29 is 0 Å². The Kier molecular flexibility index (Phi) is 2.94. The summed E-state index contributed by atoms with van der Waals surface area (Å²) in [7, 11) is 0. The second kappa shape index (κ2) is 4.38. The summed E-state index contributed by atoms with van der Waals surface area (Å²) in [6.45, 7) is 6.74. The van der Waals surface area contributed by atoms with Crippen molar-refractivity contribution in [2.24, 2.45) is 4.99 Å². The molecule has 1 heterocycles. The van der Waals surface area contributed by atoms with Crippen molar-refractivity contribution in [3.63, 3.8) is 0 Å². The fraction of sp³-hybridized carbons (Fsp3) is 0.353. The van der Waals surface area contributed by atoms with Crippen LogP contribution in [0.1, 0.15) is 37.8 Å². The van der Waals surface area contributed by atoms with Crippen molar-refractivity contribution in [2.75, 3.05) is 6.26 Å². The highest BCUT2D eigenvalue weighted by atomic mass is 32.2. The van der Waals surface area contributed by atoms with Crippen LogP contribution in [-0.4, -0.2) is 16.8 Å². The van der Waals surface area contributed by atoms with Gasteiger partial charge in [-0.15, -0.1) is 11.8 Å². The van der Waals surface area contributed by atoms with E-state index in [2.05, 4.69) is 63.4 Å². The van der Waals surface area contributed by atoms with Gasteiger partial charge in [0.1, 0.15) is 0 Å². The number of rotatable bonds is 0. The highest BCUT2D eigenvalue weighted by molar-refractivity contribution is 8.13. The Balaban J connectivity index is 2.38. The highest BCUT2D eigenvalue weighted by Crippen LogP contribution is 2.41. The van der Waals surface area contributed by atoms with Crippen LogP contribution in [0.25, 0.3) is 10.8 Å². The van der Waals surface area contributed by atoms with Crippen LogP contribution in [0.15, 0.2) is 41.4 Å². The quantitative estimate of drug-likeness (QED) is 0.666. The Morgan fingerprint density at radius 3 is 2.58 bits per heavy atom. The van der Waals surface area contributed by atoms with Crippen LogP contribution in [-0.2, 0) is 0 Å². The minimum absolute atomic E-state index is 0.0200. The summed E-state index contributed by atoms with van der Waals surface area (Å²) in [6.07, 6.45) is 2.12. The standard InChI is InChI=1S/C17H19NS/c1-11-13-10-9-12-7-5-6-8-14(12)15(13)16(19-4)18-17(11,2)3/h5-11H,1-4H3/t11-/m0/s1. The number of hydrogen-bond acceptors (Lipinski definition) is 2. The minimum Gasteiger partial charge on any atom is -0.271 e. The van der Waals surface area contributed by atoms with E-state index in [4.69, 9.17) is 4.99 Å². The molecule has 2 aromatic carbocycles. The van der Waals surface area contributed by atoms with Crippen LogP contribution in [0.2, 0.25) is 0 Å². The summed E-state index contributed by atoms with van der Waals surface area (Å²) in [5, 5.41) is 3.81. The fourth-order valence-electron chi connectivity index (χ4n) is 2.83. The highest BCUT2D eigenvalue weighted by Gasteiger charge is 2.34. The first kappa shape index (κ1) is 12.7. The molecule has 0 spiro atoms. The SMILES string of the molecule is CSC1=NC(C)(C)[C@@H](C)c2ccc3ccccc3c21. The van der Waals surface area contributed by atoms with Gasteiger partial charge in [-0.1, -0.05) is 43.3 Å². The molecule has 0 radical (unpaired) electrons. The molecule has 0 aromatic heterocycles. The van der Waals surface area contributed by atoms with E-state index in [0.29, 0.717) is 5.92 Å². The lowest BCUT2D eigenvalue weighted by Crippen LogP contribution is -2.31. The maximum Gasteiger partial charge on any atom is 0.0990 e. The number of benzene rings is 2. The first-order chi connectivity index (χ1) is 9.04. The number of thioether (sulfide) groups is 1. The van der Waals surface area contributed by atoms with E-state index >= 15 is 0 Å². The van der Waals surface area contributed by atoms with E-state index in [1.54, 1.807) is 11.8 Å². The van der Waals surface area contributed by atoms with E-state index in [9.17, 15) is 0 Å². The summed E-state index contributed by atoms with van der Waals surface area (Å²) >= 11 is 1.76. The van der Waals surface area contributed by atoms with Crippen LogP contribution < -0.4 is 0 Å². The van der Waals surface area contributed by atoms with Crippen LogP contribution >= 0.6 is 11.8 Å². The Morgan fingerprint density at radius 2 is 1.84 bits per heavy atom. The first-order valence-corrected chi connectivity index (χ1v) is 7.93. The molecule has 3 rings (SSSR count). The van der Waals surface area contributed by atoms with Crippen molar-refractivity contribution in [1.82, 2.24) is 0 Å². The molecule has 2 heteroatoms. The molecule has 98 valence electrons. The predicted molar refractivity (Wildman–Crippen MR) is 86.5 cm³/mol. The van der Waals surface area contributed by atoms with Crippen LogP contribution in [0.4, 0.5) is 0 Å². The summed E-state index contributed by atoms with van der Waals surface area (Å²) in [5.74, 6) is 0.447. The Morgan fingerprint density at radius 1 is 1.11 bits per heavy atom. The fourth-order valence-corrected chi connectivity index (χ4v) is 3.59. The van der Waals surface area contributed by atoms with Gasteiger partial charge < -0.3 is 0 Å². The second-order valence-corrected chi connectivity index (χ2v) is 6.54. The topological polar surface area (TPSA) is 12.4 Å².